The average molecular weight is 294 g/mol. The van der Waals surface area contributed by atoms with Crippen molar-refractivity contribution in [2.45, 2.75) is 12.6 Å². The van der Waals surface area contributed by atoms with E-state index in [0.717, 1.165) is 12.7 Å². The Hall–Kier alpha value is -1.99. The molecule has 7 heteroatoms. The molecule has 2 rings (SSSR count). The average Bonchev–Trinajstić information content (AvgIpc) is 2.87. The topological polar surface area (TPSA) is 63.4 Å². The number of methoxy groups -OCH3 is 1. The Balaban J connectivity index is 2.36. The molecule has 1 unspecified atom stereocenters. The summed E-state index contributed by atoms with van der Waals surface area (Å²) in [6, 6.07) is 1.45. The number of hydrogen-bond donors (Lipinski definition) is 1. The quantitative estimate of drug-likeness (QED) is 0.863. The number of aromatic nitrogens is 3. The molecule has 1 atom stereocenters. The molecule has 0 aliphatic heterocycles. The molecule has 0 radical (unpaired) electrons. The molecule has 0 amide bonds. The zero-order valence-electron chi connectivity index (χ0n) is 12.3. The zero-order valence-corrected chi connectivity index (χ0v) is 12.3. The van der Waals surface area contributed by atoms with Crippen LogP contribution < -0.4 is 4.74 Å². The van der Waals surface area contributed by atoms with Gasteiger partial charge in [-0.2, -0.15) is 5.10 Å². The van der Waals surface area contributed by atoms with E-state index >= 15 is 0 Å². The predicted octanol–water partition coefficient (Wildman–Crippen LogP) is 1.07. The Morgan fingerprint density at radius 1 is 1.43 bits per heavy atom. The van der Waals surface area contributed by atoms with E-state index in [2.05, 4.69) is 10.1 Å². The summed E-state index contributed by atoms with van der Waals surface area (Å²) >= 11 is 0. The normalized spacial score (nSPS) is 12.7. The Morgan fingerprint density at radius 3 is 2.81 bits per heavy atom. The Labute approximate surface area is 122 Å². The number of nitrogens with zero attached hydrogens (tertiary/aromatic N) is 4. The van der Waals surface area contributed by atoms with Crippen molar-refractivity contribution in [3.8, 4) is 5.75 Å². The van der Waals surface area contributed by atoms with Crippen LogP contribution in [0.15, 0.2) is 24.7 Å². The molecule has 0 bridgehead atoms. The summed E-state index contributed by atoms with van der Waals surface area (Å²) in [4.78, 5) is 5.68. The molecule has 0 saturated carbocycles. The van der Waals surface area contributed by atoms with Gasteiger partial charge in [-0.05, 0) is 20.2 Å². The van der Waals surface area contributed by atoms with Gasteiger partial charge in [-0.25, -0.2) is 4.39 Å². The molecular formula is C14H19FN4O2. The maximum Gasteiger partial charge on any atom is 0.163 e. The van der Waals surface area contributed by atoms with Crippen molar-refractivity contribution in [3.63, 3.8) is 0 Å². The van der Waals surface area contributed by atoms with E-state index in [1.54, 1.807) is 4.68 Å². The lowest BCUT2D eigenvalue weighted by atomic mass is 10.1. The number of rotatable bonds is 6. The highest BCUT2D eigenvalue weighted by Crippen LogP contribution is 2.30. The zero-order chi connectivity index (χ0) is 15.4. The SMILES string of the molecule is COc1cnn(CCN(C)C)c1C(O)c1ccncc1F. The number of halogens is 1. The molecule has 2 aromatic heterocycles. The fourth-order valence-electron chi connectivity index (χ4n) is 2.04. The monoisotopic (exact) mass is 294 g/mol. The summed E-state index contributed by atoms with van der Waals surface area (Å²) < 4.78 is 20.7. The van der Waals surface area contributed by atoms with Gasteiger partial charge in [0.1, 0.15) is 17.6 Å². The fraction of sp³-hybridized carbons (Fsp3) is 0.429. The molecule has 21 heavy (non-hydrogen) atoms. The highest BCUT2D eigenvalue weighted by molar-refractivity contribution is 5.34. The van der Waals surface area contributed by atoms with E-state index in [1.165, 1.54) is 25.6 Å². The summed E-state index contributed by atoms with van der Waals surface area (Å²) in [7, 11) is 5.38. The van der Waals surface area contributed by atoms with Gasteiger partial charge in [0.15, 0.2) is 5.75 Å². The summed E-state index contributed by atoms with van der Waals surface area (Å²) in [6.45, 7) is 1.30. The van der Waals surface area contributed by atoms with Gasteiger partial charge in [0.05, 0.1) is 26.0 Å². The van der Waals surface area contributed by atoms with Crippen LogP contribution in [0.3, 0.4) is 0 Å². The van der Waals surface area contributed by atoms with Crippen LogP contribution in [-0.2, 0) is 6.54 Å². The van der Waals surface area contributed by atoms with Crippen LogP contribution in [0.4, 0.5) is 4.39 Å². The number of hydrogen-bond acceptors (Lipinski definition) is 5. The molecule has 0 aliphatic rings. The first-order valence-corrected chi connectivity index (χ1v) is 6.56. The van der Waals surface area contributed by atoms with Crippen LogP contribution in [0.5, 0.6) is 5.75 Å². The minimum atomic E-state index is -1.16. The molecule has 2 heterocycles. The van der Waals surface area contributed by atoms with Crippen LogP contribution in [0.1, 0.15) is 17.4 Å². The van der Waals surface area contributed by atoms with Crippen molar-refractivity contribution in [2.24, 2.45) is 0 Å². The van der Waals surface area contributed by atoms with Crippen molar-refractivity contribution < 1.29 is 14.2 Å². The molecule has 0 fully saturated rings. The lowest BCUT2D eigenvalue weighted by molar-refractivity contribution is 0.195. The van der Waals surface area contributed by atoms with Crippen LogP contribution in [0.2, 0.25) is 0 Å². The first kappa shape index (κ1) is 15.4. The van der Waals surface area contributed by atoms with Gasteiger partial charge in [-0.15, -0.1) is 0 Å². The van der Waals surface area contributed by atoms with Gasteiger partial charge in [-0.3, -0.25) is 9.67 Å². The van der Waals surface area contributed by atoms with E-state index in [0.29, 0.717) is 18.0 Å². The third-order valence-electron chi connectivity index (χ3n) is 3.18. The maximum atomic E-state index is 13.8. The van der Waals surface area contributed by atoms with E-state index in [4.69, 9.17) is 4.74 Å². The first-order valence-electron chi connectivity index (χ1n) is 6.56. The second-order valence-electron chi connectivity index (χ2n) is 4.92. The number of ether oxygens (including phenoxy) is 1. The van der Waals surface area contributed by atoms with Crippen molar-refractivity contribution in [1.82, 2.24) is 19.7 Å². The van der Waals surface area contributed by atoms with E-state index in [-0.39, 0.29) is 5.56 Å². The minimum Gasteiger partial charge on any atom is -0.493 e. The second kappa shape index (κ2) is 6.64. The van der Waals surface area contributed by atoms with Crippen LogP contribution in [0, 0.1) is 5.82 Å². The summed E-state index contributed by atoms with van der Waals surface area (Å²) in [6.07, 6.45) is 2.88. The van der Waals surface area contributed by atoms with Crippen molar-refractivity contribution >= 4 is 0 Å². The van der Waals surface area contributed by atoms with Gasteiger partial charge in [0.2, 0.25) is 0 Å². The van der Waals surface area contributed by atoms with Crippen molar-refractivity contribution in [3.05, 3.63) is 41.7 Å². The smallest absolute Gasteiger partial charge is 0.163 e. The Kier molecular flexibility index (Phi) is 4.87. The molecule has 1 N–H and O–H groups in total. The molecule has 0 saturated heterocycles. The maximum absolute atomic E-state index is 13.8. The van der Waals surface area contributed by atoms with Crippen molar-refractivity contribution in [1.29, 1.82) is 0 Å². The number of aliphatic hydroxyl groups excluding tert-OH is 1. The third kappa shape index (κ3) is 3.37. The number of pyridine rings is 1. The van der Waals surface area contributed by atoms with Crippen LogP contribution >= 0.6 is 0 Å². The third-order valence-corrected chi connectivity index (χ3v) is 3.18. The largest absolute Gasteiger partial charge is 0.493 e. The van der Waals surface area contributed by atoms with Gasteiger partial charge in [-0.1, -0.05) is 0 Å². The first-order chi connectivity index (χ1) is 10.0. The minimum absolute atomic E-state index is 0.148. The highest BCUT2D eigenvalue weighted by Gasteiger charge is 2.24. The highest BCUT2D eigenvalue weighted by atomic mass is 19.1. The standard InChI is InChI=1S/C14H19FN4O2/c1-18(2)6-7-19-13(12(21-3)9-17-19)14(20)10-4-5-16-8-11(10)15/h4-5,8-9,14,20H,6-7H2,1-3H3. The molecule has 2 aromatic rings. The Bertz CT molecular complexity index is 600. The molecular weight excluding hydrogens is 275 g/mol. The summed E-state index contributed by atoms with van der Waals surface area (Å²) in [5, 5.41) is 14.7. The molecule has 114 valence electrons. The van der Waals surface area contributed by atoms with Gasteiger partial charge in [0.25, 0.3) is 0 Å². The van der Waals surface area contributed by atoms with Crippen LogP contribution in [-0.4, -0.2) is 52.5 Å². The van der Waals surface area contributed by atoms with Crippen molar-refractivity contribution in [2.75, 3.05) is 27.7 Å². The molecule has 0 aromatic carbocycles. The summed E-state index contributed by atoms with van der Waals surface area (Å²) in [5.41, 5.74) is 0.583. The molecule has 0 aliphatic carbocycles. The molecule has 6 nitrogen and oxygen atoms in total. The number of likely N-dealkylation sites (N-methyl/N-ethyl adjacent to an activating group) is 1. The summed E-state index contributed by atoms with van der Waals surface area (Å²) in [5.74, 6) is -0.134. The lowest BCUT2D eigenvalue weighted by Crippen LogP contribution is -2.21. The van der Waals surface area contributed by atoms with E-state index < -0.39 is 11.9 Å². The predicted molar refractivity (Wildman–Crippen MR) is 75.6 cm³/mol. The van der Waals surface area contributed by atoms with E-state index in [1.807, 2.05) is 19.0 Å². The lowest BCUT2D eigenvalue weighted by Gasteiger charge is -2.17. The van der Waals surface area contributed by atoms with Gasteiger partial charge >= 0.3 is 0 Å². The van der Waals surface area contributed by atoms with Gasteiger partial charge in [0, 0.05) is 18.3 Å². The fourth-order valence-corrected chi connectivity index (χ4v) is 2.04. The van der Waals surface area contributed by atoms with Gasteiger partial charge < -0.3 is 14.7 Å². The molecule has 0 spiro atoms. The second-order valence-corrected chi connectivity index (χ2v) is 4.92. The Morgan fingerprint density at radius 2 is 2.19 bits per heavy atom. The number of aliphatic hydroxyl groups is 1. The van der Waals surface area contributed by atoms with E-state index in [9.17, 15) is 9.50 Å². The van der Waals surface area contributed by atoms with Crippen LogP contribution in [0.25, 0.3) is 0 Å².